The third-order valence-corrected chi connectivity index (χ3v) is 5.96. The lowest BCUT2D eigenvalue weighted by Gasteiger charge is -2.26. The minimum Gasteiger partial charge on any atom is -0.486 e. The second-order valence-corrected chi connectivity index (χ2v) is 7.56. The Morgan fingerprint density at radius 3 is 2.44 bits per heavy atom. The number of rotatable bonds is 4. The lowest BCUT2D eigenvalue weighted by atomic mass is 9.85. The van der Waals surface area contributed by atoms with Crippen molar-refractivity contribution in [1.82, 2.24) is 10.2 Å². The fourth-order valence-electron chi connectivity index (χ4n) is 4.71. The number of nitrogens with one attached hydrogen (secondary N) is 1. The van der Waals surface area contributed by atoms with E-state index in [1.54, 1.807) is 0 Å². The molecule has 3 amide bonds. The van der Waals surface area contributed by atoms with E-state index in [2.05, 4.69) is 5.32 Å². The van der Waals surface area contributed by atoms with Crippen molar-refractivity contribution in [1.29, 1.82) is 0 Å². The first-order chi connectivity index (χ1) is 13.1. The van der Waals surface area contributed by atoms with Gasteiger partial charge in [-0.3, -0.25) is 19.3 Å². The maximum Gasteiger partial charge on any atom is 0.240 e. The number of benzene rings is 1. The molecule has 0 aromatic heterocycles. The van der Waals surface area contributed by atoms with Crippen molar-refractivity contribution in [3.8, 4) is 11.5 Å². The van der Waals surface area contributed by atoms with Gasteiger partial charge in [0.15, 0.2) is 11.5 Å². The van der Waals surface area contributed by atoms with Gasteiger partial charge >= 0.3 is 0 Å². The van der Waals surface area contributed by atoms with Crippen LogP contribution in [0.1, 0.15) is 6.42 Å². The molecule has 140 valence electrons. The molecule has 5 rings (SSSR count). The van der Waals surface area contributed by atoms with E-state index in [1.807, 2.05) is 36.4 Å². The highest BCUT2D eigenvalue weighted by Crippen LogP contribution is 2.52. The van der Waals surface area contributed by atoms with Gasteiger partial charge < -0.3 is 14.8 Å². The van der Waals surface area contributed by atoms with Crippen molar-refractivity contribution < 1.29 is 23.9 Å². The van der Waals surface area contributed by atoms with Gasteiger partial charge in [-0.15, -0.1) is 0 Å². The molecule has 1 saturated carbocycles. The Kier molecular flexibility index (Phi) is 3.70. The van der Waals surface area contributed by atoms with Gasteiger partial charge in [0.1, 0.15) is 19.3 Å². The quantitative estimate of drug-likeness (QED) is 0.626. The average Bonchev–Trinajstić information content (AvgIpc) is 3.36. The van der Waals surface area contributed by atoms with Gasteiger partial charge in [-0.1, -0.05) is 24.3 Å². The molecule has 1 aromatic rings. The molecule has 1 saturated heterocycles. The second kappa shape index (κ2) is 6.11. The molecule has 7 heteroatoms. The summed E-state index contributed by atoms with van der Waals surface area (Å²) in [5.74, 6) is 0.311. The summed E-state index contributed by atoms with van der Waals surface area (Å²) in [6.07, 6.45) is 4.65. The molecule has 2 heterocycles. The number of allylic oxidation sites excluding steroid dienone is 2. The molecule has 5 atom stereocenters. The van der Waals surface area contributed by atoms with Gasteiger partial charge in [-0.05, 0) is 30.4 Å². The molecule has 2 aliphatic carbocycles. The summed E-state index contributed by atoms with van der Waals surface area (Å²) in [5, 5.41) is 2.75. The summed E-state index contributed by atoms with van der Waals surface area (Å²) in [6, 6.07) is 7.36. The van der Waals surface area contributed by atoms with Crippen LogP contribution in [0, 0.1) is 23.7 Å². The molecule has 1 N–H and O–H groups in total. The molecule has 0 unspecified atom stereocenters. The highest BCUT2D eigenvalue weighted by atomic mass is 16.6. The van der Waals surface area contributed by atoms with E-state index >= 15 is 0 Å². The number of carbonyl (C=O) groups is 3. The molecule has 2 fully saturated rings. The Bertz CT molecular complexity index is 821. The second-order valence-electron chi connectivity index (χ2n) is 7.56. The zero-order valence-electron chi connectivity index (χ0n) is 14.7. The van der Waals surface area contributed by atoms with Crippen molar-refractivity contribution in [2.75, 3.05) is 19.7 Å². The number of carbonyl (C=O) groups excluding carboxylic acids is 3. The molecular formula is C20H20N2O5. The molecule has 1 aromatic carbocycles. The number of hydrogen-bond donors (Lipinski definition) is 1. The monoisotopic (exact) mass is 368 g/mol. The molecular weight excluding hydrogens is 348 g/mol. The first kappa shape index (κ1) is 16.4. The van der Waals surface area contributed by atoms with E-state index in [4.69, 9.17) is 9.47 Å². The fraction of sp³-hybridized carbons (Fsp3) is 0.450. The Morgan fingerprint density at radius 2 is 1.74 bits per heavy atom. The third-order valence-electron chi connectivity index (χ3n) is 5.96. The summed E-state index contributed by atoms with van der Waals surface area (Å²) in [7, 11) is 0. The summed E-state index contributed by atoms with van der Waals surface area (Å²) >= 11 is 0. The van der Waals surface area contributed by atoms with Crippen LogP contribution in [0.4, 0.5) is 0 Å². The van der Waals surface area contributed by atoms with Gasteiger partial charge in [0.05, 0.1) is 18.4 Å². The number of para-hydroxylation sites is 2. The number of imide groups is 1. The minimum absolute atomic E-state index is 0.150. The highest BCUT2D eigenvalue weighted by Gasteiger charge is 2.59. The molecule has 2 bridgehead atoms. The van der Waals surface area contributed by atoms with Crippen LogP contribution in [0.15, 0.2) is 36.4 Å². The SMILES string of the molecule is O=C(CN1C(=O)[C@@H]2[C@H](C1=O)[C@H]1C=C[C@H]2C1)NC[C@@H]1COc2ccccc2O1. The maximum absolute atomic E-state index is 12.6. The lowest BCUT2D eigenvalue weighted by Crippen LogP contribution is -2.46. The lowest BCUT2D eigenvalue weighted by molar-refractivity contribution is -0.144. The van der Waals surface area contributed by atoms with Crippen LogP contribution in [-0.2, 0) is 14.4 Å². The van der Waals surface area contributed by atoms with E-state index in [-0.39, 0.29) is 60.6 Å². The van der Waals surface area contributed by atoms with Gasteiger partial charge in [0.25, 0.3) is 0 Å². The van der Waals surface area contributed by atoms with Crippen molar-refractivity contribution in [2.24, 2.45) is 23.7 Å². The van der Waals surface area contributed by atoms with Gasteiger partial charge in [-0.2, -0.15) is 0 Å². The molecule has 27 heavy (non-hydrogen) atoms. The van der Waals surface area contributed by atoms with Crippen LogP contribution >= 0.6 is 0 Å². The molecule has 0 spiro atoms. The van der Waals surface area contributed by atoms with Crippen LogP contribution in [0.5, 0.6) is 11.5 Å². The molecule has 2 aliphatic heterocycles. The summed E-state index contributed by atoms with van der Waals surface area (Å²) in [5.41, 5.74) is 0. The molecule has 0 radical (unpaired) electrons. The standard InChI is InChI=1S/C20H20N2O5/c23-16(21-8-13-10-26-14-3-1-2-4-15(14)27-13)9-22-19(24)17-11-5-6-12(7-11)18(17)20(22)25/h1-6,11-13,17-18H,7-10H2,(H,21,23)/t11-,12-,13+,17-,18+/m0/s1. The van der Waals surface area contributed by atoms with Crippen molar-refractivity contribution in [3.63, 3.8) is 0 Å². The van der Waals surface area contributed by atoms with Crippen LogP contribution in [0.2, 0.25) is 0 Å². The van der Waals surface area contributed by atoms with E-state index < -0.39 is 0 Å². The van der Waals surface area contributed by atoms with E-state index in [9.17, 15) is 14.4 Å². The Labute approximate surface area is 156 Å². The number of hydrogen-bond acceptors (Lipinski definition) is 5. The Morgan fingerprint density at radius 1 is 1.07 bits per heavy atom. The number of likely N-dealkylation sites (tertiary alicyclic amines) is 1. The van der Waals surface area contributed by atoms with Crippen molar-refractivity contribution >= 4 is 17.7 Å². The topological polar surface area (TPSA) is 84.9 Å². The normalized spacial score (nSPS) is 32.7. The average molecular weight is 368 g/mol. The largest absolute Gasteiger partial charge is 0.486 e. The zero-order valence-corrected chi connectivity index (χ0v) is 14.7. The Balaban J connectivity index is 1.17. The first-order valence-corrected chi connectivity index (χ1v) is 9.30. The smallest absolute Gasteiger partial charge is 0.240 e. The van der Waals surface area contributed by atoms with E-state index in [0.717, 1.165) is 11.3 Å². The van der Waals surface area contributed by atoms with Gasteiger partial charge in [-0.25, -0.2) is 0 Å². The van der Waals surface area contributed by atoms with Crippen LogP contribution in [0.3, 0.4) is 0 Å². The predicted molar refractivity (Wildman–Crippen MR) is 93.8 cm³/mol. The Hall–Kier alpha value is -2.83. The summed E-state index contributed by atoms with van der Waals surface area (Å²) in [6.45, 7) is 0.357. The number of fused-ring (bicyclic) bond motifs is 6. The molecule has 7 nitrogen and oxygen atoms in total. The van der Waals surface area contributed by atoms with E-state index in [1.165, 1.54) is 0 Å². The number of nitrogens with zero attached hydrogens (tertiary/aromatic N) is 1. The van der Waals surface area contributed by atoms with Crippen LogP contribution < -0.4 is 14.8 Å². The number of amides is 3. The van der Waals surface area contributed by atoms with Gasteiger partial charge in [0.2, 0.25) is 17.7 Å². The minimum atomic E-state index is -0.362. The highest BCUT2D eigenvalue weighted by molar-refractivity contribution is 6.08. The summed E-state index contributed by atoms with van der Waals surface area (Å²) < 4.78 is 11.4. The van der Waals surface area contributed by atoms with Gasteiger partial charge in [0, 0.05) is 0 Å². The maximum atomic E-state index is 12.6. The number of ether oxygens (including phenoxy) is 2. The van der Waals surface area contributed by atoms with Crippen molar-refractivity contribution in [2.45, 2.75) is 12.5 Å². The predicted octanol–water partition coefficient (Wildman–Crippen LogP) is 0.750. The van der Waals surface area contributed by atoms with Crippen LogP contribution in [-0.4, -0.2) is 48.4 Å². The third kappa shape index (κ3) is 2.60. The van der Waals surface area contributed by atoms with E-state index in [0.29, 0.717) is 18.1 Å². The van der Waals surface area contributed by atoms with Crippen molar-refractivity contribution in [3.05, 3.63) is 36.4 Å². The molecule has 4 aliphatic rings. The van der Waals surface area contributed by atoms with Crippen LogP contribution in [0.25, 0.3) is 0 Å². The zero-order chi connectivity index (χ0) is 18.5. The first-order valence-electron chi connectivity index (χ1n) is 9.30. The summed E-state index contributed by atoms with van der Waals surface area (Å²) in [4.78, 5) is 38.7. The fourth-order valence-corrected chi connectivity index (χ4v) is 4.71.